The van der Waals surface area contributed by atoms with Crippen LogP contribution in [0.2, 0.25) is 0 Å². The van der Waals surface area contributed by atoms with Crippen molar-refractivity contribution in [3.8, 4) is 0 Å². The average Bonchev–Trinajstić information content (AvgIpc) is 3.11. The van der Waals surface area contributed by atoms with E-state index in [4.69, 9.17) is 14.2 Å². The van der Waals surface area contributed by atoms with Gasteiger partial charge in [0.25, 0.3) is 0 Å². The highest BCUT2D eigenvalue weighted by molar-refractivity contribution is 5.89. The van der Waals surface area contributed by atoms with Crippen molar-refractivity contribution >= 4 is 11.9 Å². The maximum absolute atomic E-state index is 13.7. The first kappa shape index (κ1) is 28.2. The first-order chi connectivity index (χ1) is 18.1. The van der Waals surface area contributed by atoms with Crippen molar-refractivity contribution in [1.82, 2.24) is 0 Å². The van der Waals surface area contributed by atoms with E-state index in [1.54, 1.807) is 44.2 Å². The molecule has 10 nitrogen and oxygen atoms in total. The van der Waals surface area contributed by atoms with E-state index in [0.717, 1.165) is 0 Å². The Morgan fingerprint density at radius 2 is 1.74 bits per heavy atom. The number of rotatable bonds is 4. The van der Waals surface area contributed by atoms with Gasteiger partial charge in [0.15, 0.2) is 5.60 Å². The highest BCUT2D eigenvalue weighted by atomic mass is 16.6. The topological polar surface area (TPSA) is 163 Å². The van der Waals surface area contributed by atoms with Gasteiger partial charge in [0.1, 0.15) is 18.3 Å². The molecule has 5 N–H and O–H groups in total. The first-order valence-corrected chi connectivity index (χ1v) is 13.4. The summed E-state index contributed by atoms with van der Waals surface area (Å²) in [5, 5.41) is 58.1. The molecule has 0 bridgehead atoms. The van der Waals surface area contributed by atoms with Crippen LogP contribution in [0.25, 0.3) is 0 Å². The van der Waals surface area contributed by atoms with Crippen LogP contribution in [0.1, 0.15) is 57.8 Å². The van der Waals surface area contributed by atoms with Gasteiger partial charge in [-0.05, 0) is 50.5 Å². The van der Waals surface area contributed by atoms with Gasteiger partial charge < -0.3 is 39.7 Å². The van der Waals surface area contributed by atoms with Crippen LogP contribution in [-0.4, -0.2) is 91.9 Å². The summed E-state index contributed by atoms with van der Waals surface area (Å²) in [6.45, 7) is 7.30. The molecule has 0 spiro atoms. The largest absolute Gasteiger partial charge is 0.457 e. The lowest BCUT2D eigenvalue weighted by molar-refractivity contribution is -0.351. The van der Waals surface area contributed by atoms with Crippen molar-refractivity contribution < 1.29 is 49.3 Å². The lowest BCUT2D eigenvalue weighted by Crippen LogP contribution is -2.78. The number of carbonyl (C=O) groups is 2. The minimum Gasteiger partial charge on any atom is -0.457 e. The molecule has 10 atom stereocenters. The van der Waals surface area contributed by atoms with Crippen LogP contribution in [0.5, 0.6) is 0 Å². The minimum atomic E-state index is -1.73. The third-order valence-corrected chi connectivity index (χ3v) is 10.0. The van der Waals surface area contributed by atoms with Gasteiger partial charge in [-0.3, -0.25) is 4.79 Å². The maximum Gasteiger partial charge on any atom is 0.338 e. The van der Waals surface area contributed by atoms with Crippen molar-refractivity contribution in [2.24, 2.45) is 16.7 Å². The summed E-state index contributed by atoms with van der Waals surface area (Å²) in [7, 11) is 0. The van der Waals surface area contributed by atoms with Crippen molar-refractivity contribution in [3.05, 3.63) is 47.0 Å². The molecule has 39 heavy (non-hydrogen) atoms. The fourth-order valence-electron chi connectivity index (χ4n) is 8.01. The Morgan fingerprint density at radius 3 is 2.28 bits per heavy atom. The molecular formula is C29H38O10. The highest BCUT2D eigenvalue weighted by Gasteiger charge is 2.78. The van der Waals surface area contributed by atoms with E-state index in [0.29, 0.717) is 5.57 Å². The van der Waals surface area contributed by atoms with E-state index in [9.17, 15) is 35.1 Å². The monoisotopic (exact) mass is 546 g/mol. The van der Waals surface area contributed by atoms with Gasteiger partial charge in [-0.25, -0.2) is 4.79 Å². The number of esters is 2. The van der Waals surface area contributed by atoms with Gasteiger partial charge >= 0.3 is 11.9 Å². The van der Waals surface area contributed by atoms with Crippen LogP contribution in [-0.2, 0) is 19.0 Å². The number of fused-ring (bicyclic) bond motifs is 4. The summed E-state index contributed by atoms with van der Waals surface area (Å²) < 4.78 is 18.0. The highest BCUT2D eigenvalue weighted by Crippen LogP contribution is 2.67. The van der Waals surface area contributed by atoms with Crippen LogP contribution < -0.4 is 0 Å². The lowest BCUT2D eigenvalue weighted by Gasteiger charge is -2.65. The van der Waals surface area contributed by atoms with Gasteiger partial charge in [0.2, 0.25) is 0 Å². The summed E-state index contributed by atoms with van der Waals surface area (Å²) >= 11 is 0. The first-order valence-electron chi connectivity index (χ1n) is 13.4. The lowest BCUT2D eigenvalue weighted by atomic mass is 9.49. The molecule has 4 aliphatic rings. The maximum atomic E-state index is 13.7. The van der Waals surface area contributed by atoms with Crippen LogP contribution in [0.15, 0.2) is 41.5 Å². The van der Waals surface area contributed by atoms with Crippen molar-refractivity contribution in [2.75, 3.05) is 6.61 Å². The fourth-order valence-corrected chi connectivity index (χ4v) is 8.01. The van der Waals surface area contributed by atoms with E-state index in [1.165, 1.54) is 20.8 Å². The SMILES string of the molecule is CC(=O)O[C@@]12CO[C@@H]1C[C@H](O)[C@]1(C)[C@@H]2[C@H](OC(=O)c2ccccc2)C2(C(C)(C)O)C[C@H](O)C(C)=C2[C@H](O)[C@@H]1O. The molecule has 1 aromatic rings. The minimum absolute atomic E-state index is 0.000412. The Kier molecular flexibility index (Phi) is 6.57. The number of carbonyl (C=O) groups excluding carboxylic acids is 2. The normalized spacial score (nSPS) is 43.4. The molecule has 1 heterocycles. The summed E-state index contributed by atoms with van der Waals surface area (Å²) in [5.41, 5.74) is -5.68. The molecule has 3 fully saturated rings. The number of hydrogen-bond acceptors (Lipinski definition) is 10. The molecule has 1 saturated heterocycles. The number of aliphatic hydroxyl groups is 5. The fraction of sp³-hybridized carbons (Fsp3) is 0.655. The molecule has 1 aliphatic heterocycles. The molecule has 10 heteroatoms. The van der Waals surface area contributed by atoms with Crippen LogP contribution in [0, 0.1) is 16.7 Å². The zero-order valence-electron chi connectivity index (χ0n) is 22.8. The van der Waals surface area contributed by atoms with Gasteiger partial charge in [0, 0.05) is 18.8 Å². The Bertz CT molecular complexity index is 1190. The smallest absolute Gasteiger partial charge is 0.338 e. The Labute approximate surface area is 227 Å². The van der Waals surface area contributed by atoms with E-state index in [2.05, 4.69) is 0 Å². The predicted molar refractivity (Wildman–Crippen MR) is 136 cm³/mol. The quantitative estimate of drug-likeness (QED) is 0.271. The number of hydrogen-bond donors (Lipinski definition) is 5. The van der Waals surface area contributed by atoms with Gasteiger partial charge in [-0.1, -0.05) is 25.1 Å². The van der Waals surface area contributed by atoms with Crippen LogP contribution in [0.4, 0.5) is 0 Å². The number of aliphatic hydroxyl groups excluding tert-OH is 4. The summed E-state index contributed by atoms with van der Waals surface area (Å²) in [4.78, 5) is 26.2. The summed E-state index contributed by atoms with van der Waals surface area (Å²) in [5.74, 6) is -2.52. The average molecular weight is 547 g/mol. The zero-order valence-corrected chi connectivity index (χ0v) is 22.8. The van der Waals surface area contributed by atoms with Gasteiger partial charge in [-0.15, -0.1) is 0 Å². The third-order valence-electron chi connectivity index (χ3n) is 10.0. The van der Waals surface area contributed by atoms with Gasteiger partial charge in [-0.2, -0.15) is 0 Å². The number of benzene rings is 1. The van der Waals surface area contributed by atoms with Gasteiger partial charge in [0.05, 0.1) is 47.4 Å². The molecule has 5 rings (SSSR count). The molecule has 0 radical (unpaired) electrons. The third kappa shape index (κ3) is 3.69. The van der Waals surface area contributed by atoms with E-state index < -0.39 is 76.5 Å². The van der Waals surface area contributed by atoms with E-state index >= 15 is 0 Å². The predicted octanol–water partition coefficient (Wildman–Crippen LogP) is 0.874. The molecule has 1 unspecified atom stereocenters. The molecule has 1 aromatic carbocycles. The molecule has 3 aliphatic carbocycles. The number of ether oxygens (including phenoxy) is 3. The Hall–Kier alpha value is -2.34. The van der Waals surface area contributed by atoms with Crippen LogP contribution in [0.3, 0.4) is 0 Å². The Morgan fingerprint density at radius 1 is 1.10 bits per heavy atom. The van der Waals surface area contributed by atoms with E-state index in [-0.39, 0.29) is 30.6 Å². The van der Waals surface area contributed by atoms with Crippen LogP contribution >= 0.6 is 0 Å². The molecule has 0 aromatic heterocycles. The van der Waals surface area contributed by atoms with Crippen molar-refractivity contribution in [3.63, 3.8) is 0 Å². The van der Waals surface area contributed by atoms with Crippen molar-refractivity contribution in [2.45, 2.75) is 95.3 Å². The second kappa shape index (κ2) is 9.09. The Balaban J connectivity index is 1.83. The molecular weight excluding hydrogens is 508 g/mol. The zero-order chi connectivity index (χ0) is 28.7. The van der Waals surface area contributed by atoms with E-state index in [1.807, 2.05) is 0 Å². The molecule has 214 valence electrons. The summed E-state index contributed by atoms with van der Waals surface area (Å²) in [6, 6.07) is 8.21. The standard InChI is InChI=1S/C29H38O10/c1-14-17(31)12-28(26(3,4)36)20(14)21(33)23(34)27(5)18(32)11-19-29(13-37-19,39-15(2)30)22(27)24(28)38-25(35)16-9-7-6-8-10-16/h6-10,17-19,21-24,31-34,36H,11-13H2,1-5H3/t17-,18-,19+,21-,22-,23-,24-,27+,28?,29-/m0/s1. The van der Waals surface area contributed by atoms with Crippen molar-refractivity contribution in [1.29, 1.82) is 0 Å². The molecule has 2 saturated carbocycles. The summed E-state index contributed by atoms with van der Waals surface area (Å²) in [6.07, 6.45) is -7.95. The molecule has 0 amide bonds. The second-order valence-corrected chi connectivity index (χ2v) is 12.4. The second-order valence-electron chi connectivity index (χ2n) is 12.4.